The van der Waals surface area contributed by atoms with Crippen LogP contribution in [-0.2, 0) is 16.1 Å². The van der Waals surface area contributed by atoms with E-state index < -0.39 is 17.1 Å². The Labute approximate surface area is 72.8 Å². The minimum absolute atomic E-state index is 0.251. The van der Waals surface area contributed by atoms with Crippen molar-refractivity contribution in [1.82, 2.24) is 9.55 Å². The maximum Gasteiger partial charge on any atom is 0.325 e. The Balaban J connectivity index is 3.03. The number of hydrogen-bond donors (Lipinski definition) is 1. The summed E-state index contributed by atoms with van der Waals surface area (Å²) in [7, 11) is 1.21. The van der Waals surface area contributed by atoms with Gasteiger partial charge in [0.15, 0.2) is 0 Å². The molecule has 6 heteroatoms. The highest BCUT2D eigenvalue weighted by molar-refractivity contribution is 5.68. The van der Waals surface area contributed by atoms with E-state index in [-0.39, 0.29) is 6.54 Å². The second-order valence-electron chi connectivity index (χ2n) is 2.30. The number of esters is 1. The van der Waals surface area contributed by atoms with E-state index in [4.69, 9.17) is 0 Å². The van der Waals surface area contributed by atoms with Crippen molar-refractivity contribution in [3.8, 4) is 0 Å². The molecule has 0 atom stereocenters. The molecule has 0 aromatic carbocycles. The monoisotopic (exact) mass is 184 g/mol. The number of carbonyl (C=O) groups is 1. The number of ether oxygens (including phenoxy) is 1. The van der Waals surface area contributed by atoms with Gasteiger partial charge in [-0.15, -0.1) is 0 Å². The summed E-state index contributed by atoms with van der Waals surface area (Å²) in [5.41, 5.74) is -1.53. The molecule has 0 amide bonds. The van der Waals surface area contributed by atoms with Gasteiger partial charge in [0.1, 0.15) is 6.54 Å². The molecule has 0 saturated heterocycles. The fraction of sp³-hybridized carbons (Fsp3) is 0.286. The Bertz CT molecular complexity index is 417. The molecule has 1 aromatic rings. The molecule has 0 aliphatic heterocycles. The van der Waals surface area contributed by atoms with Crippen LogP contribution >= 0.6 is 0 Å². The molecule has 70 valence electrons. The topological polar surface area (TPSA) is 81.2 Å². The van der Waals surface area contributed by atoms with Crippen molar-refractivity contribution < 1.29 is 9.53 Å². The van der Waals surface area contributed by atoms with E-state index in [1.54, 1.807) is 0 Å². The first-order valence-corrected chi connectivity index (χ1v) is 3.50. The first kappa shape index (κ1) is 9.24. The minimum Gasteiger partial charge on any atom is -0.468 e. The molecule has 0 unspecified atom stereocenters. The quantitative estimate of drug-likeness (QED) is 0.458. The van der Waals surface area contributed by atoms with Gasteiger partial charge in [-0.05, 0) is 0 Å². The second-order valence-corrected chi connectivity index (χ2v) is 2.30. The summed E-state index contributed by atoms with van der Waals surface area (Å²) < 4.78 is 5.31. The van der Waals surface area contributed by atoms with Crippen LogP contribution in [0, 0.1) is 0 Å². The smallest absolute Gasteiger partial charge is 0.325 e. The lowest BCUT2D eigenvalue weighted by Crippen LogP contribution is -2.37. The van der Waals surface area contributed by atoms with Crippen LogP contribution in [0.4, 0.5) is 0 Å². The molecule has 0 bridgehead atoms. The molecule has 0 aliphatic rings. The molecule has 0 spiro atoms. The molecule has 0 saturated carbocycles. The molecule has 0 radical (unpaired) electrons. The molecule has 0 aliphatic carbocycles. The number of rotatable bonds is 2. The standard InChI is InChI=1S/C7H8N2O4/c1-13-5(10)4-9-3-2-8-6(11)7(9)12/h2-3H,4H2,1H3,(H,8,11). The van der Waals surface area contributed by atoms with Gasteiger partial charge in [-0.1, -0.05) is 0 Å². The Morgan fingerprint density at radius 3 is 2.92 bits per heavy atom. The second kappa shape index (κ2) is 3.70. The molecule has 1 aromatic heterocycles. The number of nitrogens with one attached hydrogen (secondary N) is 1. The Kier molecular flexibility index (Phi) is 2.63. The zero-order valence-corrected chi connectivity index (χ0v) is 6.94. The molecule has 13 heavy (non-hydrogen) atoms. The number of aromatic amines is 1. The summed E-state index contributed by atoms with van der Waals surface area (Å²) in [6, 6.07) is 0. The van der Waals surface area contributed by atoms with Crippen LogP contribution in [-0.4, -0.2) is 22.6 Å². The number of hydrogen-bond acceptors (Lipinski definition) is 4. The molecule has 1 heterocycles. The summed E-state index contributed by atoms with van der Waals surface area (Å²) in [6.45, 7) is -0.251. The fourth-order valence-electron chi connectivity index (χ4n) is 0.791. The molecule has 1 N–H and O–H groups in total. The number of nitrogens with zero attached hydrogens (tertiary/aromatic N) is 1. The van der Waals surface area contributed by atoms with E-state index in [0.717, 1.165) is 4.57 Å². The largest absolute Gasteiger partial charge is 0.468 e. The van der Waals surface area contributed by atoms with Crippen LogP contribution < -0.4 is 11.1 Å². The van der Waals surface area contributed by atoms with Crippen molar-refractivity contribution in [3.63, 3.8) is 0 Å². The number of aromatic nitrogens is 2. The van der Waals surface area contributed by atoms with Gasteiger partial charge in [0, 0.05) is 12.4 Å². The number of carbonyl (C=O) groups excluding carboxylic acids is 1. The van der Waals surface area contributed by atoms with Crippen LogP contribution in [0.2, 0.25) is 0 Å². The van der Waals surface area contributed by atoms with Gasteiger partial charge in [-0.3, -0.25) is 19.0 Å². The van der Waals surface area contributed by atoms with E-state index in [2.05, 4.69) is 9.72 Å². The highest BCUT2D eigenvalue weighted by Crippen LogP contribution is 1.79. The van der Waals surface area contributed by atoms with Crippen molar-refractivity contribution in [3.05, 3.63) is 33.1 Å². The van der Waals surface area contributed by atoms with Gasteiger partial charge in [0.2, 0.25) is 0 Å². The minimum atomic E-state index is -0.770. The lowest BCUT2D eigenvalue weighted by Gasteiger charge is -2.01. The van der Waals surface area contributed by atoms with Gasteiger partial charge in [0.05, 0.1) is 7.11 Å². The third kappa shape index (κ3) is 2.05. The normalized spacial score (nSPS) is 9.62. The number of H-pyrrole nitrogens is 1. The van der Waals surface area contributed by atoms with Crippen LogP contribution in [0.1, 0.15) is 0 Å². The van der Waals surface area contributed by atoms with E-state index in [1.165, 1.54) is 19.5 Å². The van der Waals surface area contributed by atoms with Gasteiger partial charge in [0.25, 0.3) is 0 Å². The summed E-state index contributed by atoms with van der Waals surface area (Å²) >= 11 is 0. The SMILES string of the molecule is COC(=O)Cn1cc[nH]c(=O)c1=O. The van der Waals surface area contributed by atoms with Crippen molar-refractivity contribution in [2.45, 2.75) is 6.54 Å². The van der Waals surface area contributed by atoms with E-state index in [9.17, 15) is 14.4 Å². The highest BCUT2D eigenvalue weighted by Gasteiger charge is 2.04. The lowest BCUT2D eigenvalue weighted by molar-refractivity contribution is -0.141. The van der Waals surface area contributed by atoms with Gasteiger partial charge in [-0.25, -0.2) is 0 Å². The van der Waals surface area contributed by atoms with E-state index >= 15 is 0 Å². The zero-order chi connectivity index (χ0) is 9.84. The average Bonchev–Trinajstić information content (AvgIpc) is 2.13. The van der Waals surface area contributed by atoms with Crippen LogP contribution in [0.15, 0.2) is 22.0 Å². The predicted molar refractivity (Wildman–Crippen MR) is 43.3 cm³/mol. The predicted octanol–water partition coefficient (Wildman–Crippen LogP) is -1.29. The Hall–Kier alpha value is -1.85. The molecule has 6 nitrogen and oxygen atoms in total. The first-order chi connectivity index (χ1) is 6.15. The third-order valence-corrected chi connectivity index (χ3v) is 1.45. The summed E-state index contributed by atoms with van der Waals surface area (Å²) in [5.74, 6) is -0.576. The lowest BCUT2D eigenvalue weighted by atomic mass is 10.6. The van der Waals surface area contributed by atoms with Gasteiger partial charge < -0.3 is 9.72 Å². The maximum absolute atomic E-state index is 11.0. The van der Waals surface area contributed by atoms with Crippen LogP contribution in [0.3, 0.4) is 0 Å². The molecular weight excluding hydrogens is 176 g/mol. The molecular formula is C7H8N2O4. The average molecular weight is 184 g/mol. The Morgan fingerprint density at radius 1 is 1.62 bits per heavy atom. The van der Waals surface area contributed by atoms with E-state index in [0.29, 0.717) is 0 Å². The summed E-state index contributed by atoms with van der Waals surface area (Å²) in [5, 5.41) is 0. The van der Waals surface area contributed by atoms with Crippen molar-refractivity contribution in [2.75, 3.05) is 7.11 Å². The van der Waals surface area contributed by atoms with Crippen molar-refractivity contribution in [1.29, 1.82) is 0 Å². The van der Waals surface area contributed by atoms with Crippen LogP contribution in [0.25, 0.3) is 0 Å². The Morgan fingerprint density at radius 2 is 2.31 bits per heavy atom. The fourth-order valence-corrected chi connectivity index (χ4v) is 0.791. The summed E-state index contributed by atoms with van der Waals surface area (Å²) in [4.78, 5) is 34.7. The molecule has 1 rings (SSSR count). The van der Waals surface area contributed by atoms with Gasteiger partial charge >= 0.3 is 17.1 Å². The van der Waals surface area contributed by atoms with Crippen molar-refractivity contribution >= 4 is 5.97 Å². The van der Waals surface area contributed by atoms with Gasteiger partial charge in [-0.2, -0.15) is 0 Å². The van der Waals surface area contributed by atoms with E-state index in [1.807, 2.05) is 0 Å². The number of methoxy groups -OCH3 is 1. The molecule has 0 fully saturated rings. The zero-order valence-electron chi connectivity index (χ0n) is 6.94. The third-order valence-electron chi connectivity index (χ3n) is 1.45. The highest BCUT2D eigenvalue weighted by atomic mass is 16.5. The summed E-state index contributed by atoms with van der Waals surface area (Å²) in [6.07, 6.45) is 2.59. The first-order valence-electron chi connectivity index (χ1n) is 3.50. The van der Waals surface area contributed by atoms with Crippen molar-refractivity contribution in [2.24, 2.45) is 0 Å². The van der Waals surface area contributed by atoms with Crippen LogP contribution in [0.5, 0.6) is 0 Å². The maximum atomic E-state index is 11.0.